The third kappa shape index (κ3) is 6.05. The van der Waals surface area contributed by atoms with Gasteiger partial charge in [0.15, 0.2) is 5.96 Å². The van der Waals surface area contributed by atoms with Crippen molar-refractivity contribution in [3.8, 4) is 5.75 Å². The molecule has 0 spiro atoms. The van der Waals surface area contributed by atoms with Crippen molar-refractivity contribution in [3.05, 3.63) is 45.4 Å². The van der Waals surface area contributed by atoms with Gasteiger partial charge in [-0.15, -0.1) is 11.3 Å². The average molecular weight is 361 g/mol. The van der Waals surface area contributed by atoms with Crippen LogP contribution in [0, 0.1) is 6.92 Å². The highest BCUT2D eigenvalue weighted by Gasteiger charge is 2.03. The Morgan fingerprint density at radius 1 is 1.28 bits per heavy atom. The standard InChI is InChI=1S/C19H28N4OS/c1-5-16-12-22-18(25-16)13-23-19(20-6-2)21-10-9-15-8-7-14(3)17(11-15)24-4/h7-8,11-12H,5-6,9-10,13H2,1-4H3,(H2,20,21,23). The van der Waals surface area contributed by atoms with Crippen LogP contribution in [0.1, 0.15) is 34.9 Å². The zero-order chi connectivity index (χ0) is 18.1. The Balaban J connectivity index is 1.89. The summed E-state index contributed by atoms with van der Waals surface area (Å²) in [6.07, 6.45) is 3.89. The van der Waals surface area contributed by atoms with Crippen molar-refractivity contribution in [2.24, 2.45) is 4.99 Å². The predicted molar refractivity (Wildman–Crippen MR) is 106 cm³/mol. The number of aromatic nitrogens is 1. The summed E-state index contributed by atoms with van der Waals surface area (Å²) in [6, 6.07) is 6.34. The highest BCUT2D eigenvalue weighted by molar-refractivity contribution is 7.11. The molecule has 1 heterocycles. The third-order valence-corrected chi connectivity index (χ3v) is 4.97. The number of nitrogens with one attached hydrogen (secondary N) is 2. The predicted octanol–water partition coefficient (Wildman–Crippen LogP) is 3.32. The van der Waals surface area contributed by atoms with Gasteiger partial charge in [0.1, 0.15) is 10.8 Å². The zero-order valence-corrected chi connectivity index (χ0v) is 16.4. The molecule has 0 atom stereocenters. The summed E-state index contributed by atoms with van der Waals surface area (Å²) < 4.78 is 5.39. The Hall–Kier alpha value is -2.08. The molecule has 0 amide bonds. The summed E-state index contributed by atoms with van der Waals surface area (Å²) in [5.74, 6) is 1.77. The Kier molecular flexibility index (Phi) is 7.73. The fourth-order valence-electron chi connectivity index (χ4n) is 2.42. The van der Waals surface area contributed by atoms with Crippen molar-refractivity contribution in [1.29, 1.82) is 0 Å². The molecule has 0 aliphatic rings. The van der Waals surface area contributed by atoms with E-state index in [1.165, 1.54) is 10.4 Å². The molecule has 0 unspecified atom stereocenters. The maximum Gasteiger partial charge on any atom is 0.191 e. The maximum absolute atomic E-state index is 5.39. The van der Waals surface area contributed by atoms with E-state index in [1.54, 1.807) is 18.4 Å². The van der Waals surface area contributed by atoms with Crippen molar-refractivity contribution >= 4 is 17.3 Å². The monoisotopic (exact) mass is 360 g/mol. The summed E-state index contributed by atoms with van der Waals surface area (Å²) in [7, 11) is 1.71. The maximum atomic E-state index is 5.39. The summed E-state index contributed by atoms with van der Waals surface area (Å²) in [4.78, 5) is 10.3. The van der Waals surface area contributed by atoms with Gasteiger partial charge in [-0.1, -0.05) is 19.1 Å². The molecule has 0 aliphatic carbocycles. The van der Waals surface area contributed by atoms with Crippen LogP contribution >= 0.6 is 11.3 Å². The van der Waals surface area contributed by atoms with Crippen LogP contribution in [0.3, 0.4) is 0 Å². The molecule has 0 fully saturated rings. The van der Waals surface area contributed by atoms with Crippen LogP contribution in [-0.2, 0) is 19.4 Å². The number of hydrogen-bond acceptors (Lipinski definition) is 4. The lowest BCUT2D eigenvalue weighted by Gasteiger charge is -2.12. The zero-order valence-electron chi connectivity index (χ0n) is 15.6. The molecule has 0 saturated heterocycles. The van der Waals surface area contributed by atoms with Crippen molar-refractivity contribution in [3.63, 3.8) is 0 Å². The smallest absolute Gasteiger partial charge is 0.191 e. The van der Waals surface area contributed by atoms with E-state index >= 15 is 0 Å². The van der Waals surface area contributed by atoms with E-state index in [9.17, 15) is 0 Å². The molecule has 0 radical (unpaired) electrons. The first kappa shape index (κ1) is 19.2. The Morgan fingerprint density at radius 3 is 2.80 bits per heavy atom. The van der Waals surface area contributed by atoms with E-state index in [0.29, 0.717) is 6.54 Å². The number of aliphatic imine (C=N–C) groups is 1. The highest BCUT2D eigenvalue weighted by Crippen LogP contribution is 2.19. The first-order valence-electron chi connectivity index (χ1n) is 8.75. The number of guanidine groups is 1. The summed E-state index contributed by atoms with van der Waals surface area (Å²) >= 11 is 1.73. The molecular formula is C19H28N4OS. The van der Waals surface area contributed by atoms with E-state index in [2.05, 4.69) is 59.6 Å². The van der Waals surface area contributed by atoms with Crippen LogP contribution in [0.4, 0.5) is 0 Å². The molecule has 1 aromatic heterocycles. The summed E-state index contributed by atoms with van der Waals surface area (Å²) in [5.41, 5.74) is 2.40. The number of benzene rings is 1. The fraction of sp³-hybridized carbons (Fsp3) is 0.474. The average Bonchev–Trinajstić information content (AvgIpc) is 3.09. The van der Waals surface area contributed by atoms with Crippen LogP contribution < -0.4 is 15.4 Å². The number of methoxy groups -OCH3 is 1. The molecule has 2 rings (SSSR count). The normalized spacial score (nSPS) is 11.4. The van der Waals surface area contributed by atoms with Crippen LogP contribution in [0.5, 0.6) is 5.75 Å². The van der Waals surface area contributed by atoms with E-state index in [4.69, 9.17) is 4.74 Å². The van der Waals surface area contributed by atoms with Gasteiger partial charge < -0.3 is 15.4 Å². The topological polar surface area (TPSA) is 58.5 Å². The van der Waals surface area contributed by atoms with Crippen molar-refractivity contribution in [1.82, 2.24) is 15.6 Å². The molecule has 5 nitrogen and oxygen atoms in total. The molecule has 0 saturated carbocycles. The van der Waals surface area contributed by atoms with Gasteiger partial charge in [0.2, 0.25) is 0 Å². The van der Waals surface area contributed by atoms with E-state index < -0.39 is 0 Å². The van der Waals surface area contributed by atoms with Gasteiger partial charge in [-0.3, -0.25) is 0 Å². The van der Waals surface area contributed by atoms with Crippen LogP contribution in [0.15, 0.2) is 29.4 Å². The SMILES string of the molecule is CCNC(=NCc1ncc(CC)s1)NCCc1ccc(C)c(OC)c1. The van der Waals surface area contributed by atoms with Gasteiger partial charge in [-0.05, 0) is 43.9 Å². The molecule has 1 aromatic carbocycles. The minimum atomic E-state index is 0.609. The van der Waals surface area contributed by atoms with Gasteiger partial charge in [0.05, 0.1) is 13.7 Å². The first-order chi connectivity index (χ1) is 12.2. The second-order valence-electron chi connectivity index (χ2n) is 5.75. The number of nitrogens with zero attached hydrogens (tertiary/aromatic N) is 2. The Morgan fingerprint density at radius 2 is 2.12 bits per heavy atom. The van der Waals surface area contributed by atoms with Crippen LogP contribution in [0.2, 0.25) is 0 Å². The van der Waals surface area contributed by atoms with Gasteiger partial charge in [-0.25, -0.2) is 9.98 Å². The minimum Gasteiger partial charge on any atom is -0.496 e. The number of hydrogen-bond donors (Lipinski definition) is 2. The lowest BCUT2D eigenvalue weighted by Crippen LogP contribution is -2.38. The second-order valence-corrected chi connectivity index (χ2v) is 6.95. The van der Waals surface area contributed by atoms with E-state index in [0.717, 1.165) is 48.2 Å². The number of aryl methyl sites for hydroxylation is 2. The number of rotatable bonds is 8. The van der Waals surface area contributed by atoms with Crippen molar-refractivity contribution in [2.45, 2.75) is 40.2 Å². The molecule has 6 heteroatoms. The second kappa shape index (κ2) is 10.0. The van der Waals surface area contributed by atoms with Crippen molar-refractivity contribution < 1.29 is 4.74 Å². The Labute approximate surface area is 154 Å². The lowest BCUT2D eigenvalue weighted by atomic mass is 10.1. The molecule has 0 aliphatic heterocycles. The molecule has 136 valence electrons. The highest BCUT2D eigenvalue weighted by atomic mass is 32.1. The van der Waals surface area contributed by atoms with Gasteiger partial charge in [0, 0.05) is 24.2 Å². The van der Waals surface area contributed by atoms with Gasteiger partial charge in [0.25, 0.3) is 0 Å². The molecule has 25 heavy (non-hydrogen) atoms. The number of ether oxygens (including phenoxy) is 1. The molecule has 0 bridgehead atoms. The largest absolute Gasteiger partial charge is 0.496 e. The number of thiazole rings is 1. The lowest BCUT2D eigenvalue weighted by molar-refractivity contribution is 0.411. The third-order valence-electron chi connectivity index (χ3n) is 3.85. The first-order valence-corrected chi connectivity index (χ1v) is 9.57. The van der Waals surface area contributed by atoms with Crippen LogP contribution in [-0.4, -0.2) is 31.1 Å². The Bertz CT molecular complexity index is 696. The fourth-order valence-corrected chi connectivity index (χ4v) is 3.21. The van der Waals surface area contributed by atoms with E-state index in [-0.39, 0.29) is 0 Å². The van der Waals surface area contributed by atoms with Crippen molar-refractivity contribution in [2.75, 3.05) is 20.2 Å². The van der Waals surface area contributed by atoms with Gasteiger partial charge >= 0.3 is 0 Å². The summed E-state index contributed by atoms with van der Waals surface area (Å²) in [6.45, 7) is 8.53. The minimum absolute atomic E-state index is 0.609. The quantitative estimate of drug-likeness (QED) is 0.560. The van der Waals surface area contributed by atoms with E-state index in [1.807, 2.05) is 6.20 Å². The molecular weight excluding hydrogens is 332 g/mol. The van der Waals surface area contributed by atoms with Crippen LogP contribution in [0.25, 0.3) is 0 Å². The van der Waals surface area contributed by atoms with Gasteiger partial charge in [-0.2, -0.15) is 0 Å². The summed E-state index contributed by atoms with van der Waals surface area (Å²) in [5, 5.41) is 7.72. The molecule has 2 aromatic rings. The molecule has 2 N–H and O–H groups in total.